The van der Waals surface area contributed by atoms with Crippen molar-refractivity contribution in [2.45, 2.75) is 12.6 Å². The van der Waals surface area contributed by atoms with E-state index >= 15 is 0 Å². The Morgan fingerprint density at radius 2 is 2.16 bits per heavy atom. The van der Waals surface area contributed by atoms with E-state index in [2.05, 4.69) is 34.0 Å². The third-order valence-corrected chi connectivity index (χ3v) is 3.75. The van der Waals surface area contributed by atoms with Crippen molar-refractivity contribution in [2.24, 2.45) is 0 Å². The molecule has 5 nitrogen and oxygen atoms in total. The van der Waals surface area contributed by atoms with Crippen molar-refractivity contribution in [3.63, 3.8) is 0 Å². The second-order valence-electron chi connectivity index (χ2n) is 5.47. The molecule has 1 aliphatic rings. The van der Waals surface area contributed by atoms with E-state index < -0.39 is 0 Å². The molecule has 1 aromatic heterocycles. The zero-order valence-corrected chi connectivity index (χ0v) is 12.1. The van der Waals surface area contributed by atoms with Gasteiger partial charge in [-0.1, -0.05) is 6.07 Å². The predicted molar refractivity (Wildman–Crippen MR) is 77.3 cm³/mol. The van der Waals surface area contributed by atoms with Crippen molar-refractivity contribution in [1.29, 1.82) is 0 Å². The highest BCUT2D eigenvalue weighted by Gasteiger charge is 2.23. The van der Waals surface area contributed by atoms with Crippen LogP contribution in [0.4, 0.5) is 5.82 Å². The van der Waals surface area contributed by atoms with Crippen LogP contribution >= 0.6 is 0 Å². The summed E-state index contributed by atoms with van der Waals surface area (Å²) in [4.78, 5) is 11.0. The zero-order chi connectivity index (χ0) is 13.8. The number of aliphatic hydroxyl groups excluding tert-OH is 1. The van der Waals surface area contributed by atoms with Crippen molar-refractivity contribution in [1.82, 2.24) is 14.8 Å². The first-order chi connectivity index (χ1) is 9.10. The van der Waals surface area contributed by atoms with Gasteiger partial charge in [-0.3, -0.25) is 9.80 Å². The maximum absolute atomic E-state index is 9.36. The number of piperazine rings is 1. The van der Waals surface area contributed by atoms with Gasteiger partial charge in [0.15, 0.2) is 0 Å². The Balaban J connectivity index is 1.94. The van der Waals surface area contributed by atoms with Gasteiger partial charge < -0.3 is 10.0 Å². The average molecular weight is 264 g/mol. The molecule has 0 spiro atoms. The standard InChI is InChI=1S/C14H24N4O/c1-16(2)14-5-4-12(8-15-14)9-18-7-6-17(3)13(10-18)11-19/h4-5,8,13,19H,6-7,9-11H2,1-3H3/t13-/m1/s1. The van der Waals surface area contributed by atoms with E-state index in [9.17, 15) is 5.11 Å². The molecule has 1 N–H and O–H groups in total. The number of aromatic nitrogens is 1. The van der Waals surface area contributed by atoms with Crippen LogP contribution < -0.4 is 4.90 Å². The van der Waals surface area contributed by atoms with E-state index in [1.807, 2.05) is 25.2 Å². The Kier molecular flexibility index (Phi) is 4.74. The summed E-state index contributed by atoms with van der Waals surface area (Å²) in [6.45, 7) is 4.11. The van der Waals surface area contributed by atoms with E-state index in [1.54, 1.807) is 0 Å². The SMILES string of the molecule is CN(C)c1ccc(CN2CCN(C)[C@@H](CO)C2)cn1. The maximum atomic E-state index is 9.36. The van der Waals surface area contributed by atoms with Crippen LogP contribution in [-0.4, -0.2) is 73.3 Å². The van der Waals surface area contributed by atoms with E-state index in [1.165, 1.54) is 5.56 Å². The lowest BCUT2D eigenvalue weighted by atomic mass is 10.1. The molecule has 0 saturated carbocycles. The van der Waals surface area contributed by atoms with Gasteiger partial charge in [0.2, 0.25) is 0 Å². The smallest absolute Gasteiger partial charge is 0.127 e. The third kappa shape index (κ3) is 3.65. The number of hydrogen-bond donors (Lipinski definition) is 1. The summed E-state index contributed by atoms with van der Waals surface area (Å²) in [7, 11) is 6.06. The van der Waals surface area contributed by atoms with Gasteiger partial charge in [0.25, 0.3) is 0 Å². The Morgan fingerprint density at radius 3 is 2.74 bits per heavy atom. The molecule has 106 valence electrons. The Labute approximate surface area is 115 Å². The molecular weight excluding hydrogens is 240 g/mol. The van der Waals surface area contributed by atoms with Crippen molar-refractivity contribution in [3.05, 3.63) is 23.9 Å². The number of pyridine rings is 1. The summed E-state index contributed by atoms with van der Waals surface area (Å²) in [5.74, 6) is 0.982. The summed E-state index contributed by atoms with van der Waals surface area (Å²) in [5, 5.41) is 9.36. The molecule has 19 heavy (non-hydrogen) atoms. The molecule has 0 radical (unpaired) electrons. The summed E-state index contributed by atoms with van der Waals surface area (Å²) >= 11 is 0. The third-order valence-electron chi connectivity index (χ3n) is 3.75. The molecular formula is C14H24N4O. The van der Waals surface area contributed by atoms with Crippen LogP contribution in [0.5, 0.6) is 0 Å². The van der Waals surface area contributed by atoms with Crippen LogP contribution in [0.15, 0.2) is 18.3 Å². The van der Waals surface area contributed by atoms with Gasteiger partial charge >= 0.3 is 0 Å². The second-order valence-corrected chi connectivity index (χ2v) is 5.47. The van der Waals surface area contributed by atoms with Crippen LogP contribution in [0, 0.1) is 0 Å². The summed E-state index contributed by atoms with van der Waals surface area (Å²) in [6, 6.07) is 4.44. The Morgan fingerprint density at radius 1 is 1.37 bits per heavy atom. The van der Waals surface area contributed by atoms with Crippen LogP contribution in [0.3, 0.4) is 0 Å². The Hall–Kier alpha value is -1.17. The molecule has 0 amide bonds. The Bertz CT molecular complexity index is 393. The molecule has 2 rings (SSSR count). The second kappa shape index (κ2) is 6.32. The molecule has 1 fully saturated rings. The van der Waals surface area contributed by atoms with E-state index in [0.717, 1.165) is 32.0 Å². The van der Waals surface area contributed by atoms with Gasteiger partial charge in [-0.15, -0.1) is 0 Å². The molecule has 0 unspecified atom stereocenters. The van der Waals surface area contributed by atoms with Gasteiger partial charge in [0, 0.05) is 52.5 Å². The molecule has 0 aromatic carbocycles. The summed E-state index contributed by atoms with van der Waals surface area (Å²) in [5.41, 5.74) is 1.23. The highest BCUT2D eigenvalue weighted by atomic mass is 16.3. The average Bonchev–Trinajstić information content (AvgIpc) is 2.41. The van der Waals surface area contributed by atoms with Gasteiger partial charge in [-0.2, -0.15) is 0 Å². The molecule has 0 aliphatic carbocycles. The quantitative estimate of drug-likeness (QED) is 0.845. The lowest BCUT2D eigenvalue weighted by Gasteiger charge is -2.38. The number of hydrogen-bond acceptors (Lipinski definition) is 5. The maximum Gasteiger partial charge on any atom is 0.127 e. The molecule has 1 aliphatic heterocycles. The van der Waals surface area contributed by atoms with Gasteiger partial charge in [-0.25, -0.2) is 4.98 Å². The fourth-order valence-electron chi connectivity index (χ4n) is 2.38. The van der Waals surface area contributed by atoms with E-state index in [-0.39, 0.29) is 12.6 Å². The van der Waals surface area contributed by atoms with Crippen LogP contribution in [0.25, 0.3) is 0 Å². The first-order valence-corrected chi connectivity index (χ1v) is 6.76. The first-order valence-electron chi connectivity index (χ1n) is 6.76. The molecule has 0 bridgehead atoms. The van der Waals surface area contributed by atoms with Crippen molar-refractivity contribution >= 4 is 5.82 Å². The number of likely N-dealkylation sites (N-methyl/N-ethyl adjacent to an activating group) is 1. The predicted octanol–water partition coefficient (Wildman–Crippen LogP) is 0.256. The van der Waals surface area contributed by atoms with Crippen molar-refractivity contribution < 1.29 is 5.11 Å². The minimum atomic E-state index is 0.227. The molecule has 2 heterocycles. The monoisotopic (exact) mass is 264 g/mol. The fourth-order valence-corrected chi connectivity index (χ4v) is 2.38. The molecule has 5 heteroatoms. The number of nitrogens with zero attached hydrogens (tertiary/aromatic N) is 4. The van der Waals surface area contributed by atoms with Crippen molar-refractivity contribution in [2.75, 3.05) is 52.3 Å². The number of aliphatic hydroxyl groups is 1. The topological polar surface area (TPSA) is 42.8 Å². The minimum Gasteiger partial charge on any atom is -0.395 e. The summed E-state index contributed by atoms with van der Waals surface area (Å²) in [6.07, 6.45) is 1.95. The fraction of sp³-hybridized carbons (Fsp3) is 0.643. The van der Waals surface area contributed by atoms with E-state index in [0.29, 0.717) is 0 Å². The van der Waals surface area contributed by atoms with Gasteiger partial charge in [-0.05, 0) is 18.7 Å². The van der Waals surface area contributed by atoms with Crippen LogP contribution in [-0.2, 0) is 6.54 Å². The highest BCUT2D eigenvalue weighted by molar-refractivity contribution is 5.37. The van der Waals surface area contributed by atoms with Gasteiger partial charge in [0.05, 0.1) is 6.61 Å². The molecule has 1 aromatic rings. The van der Waals surface area contributed by atoms with Crippen molar-refractivity contribution in [3.8, 4) is 0 Å². The summed E-state index contributed by atoms with van der Waals surface area (Å²) < 4.78 is 0. The van der Waals surface area contributed by atoms with E-state index in [4.69, 9.17) is 0 Å². The minimum absolute atomic E-state index is 0.227. The largest absolute Gasteiger partial charge is 0.395 e. The van der Waals surface area contributed by atoms with Gasteiger partial charge in [0.1, 0.15) is 5.82 Å². The van der Waals surface area contributed by atoms with Crippen LogP contribution in [0.1, 0.15) is 5.56 Å². The first kappa shape index (κ1) is 14.2. The number of anilines is 1. The lowest BCUT2D eigenvalue weighted by molar-refractivity contribution is 0.0539. The normalized spacial score (nSPS) is 21.6. The molecule has 1 atom stereocenters. The highest BCUT2D eigenvalue weighted by Crippen LogP contribution is 2.13. The lowest BCUT2D eigenvalue weighted by Crippen LogP contribution is -2.52. The number of rotatable bonds is 4. The zero-order valence-electron chi connectivity index (χ0n) is 12.1. The molecule has 1 saturated heterocycles. The van der Waals surface area contributed by atoms with Crippen LogP contribution in [0.2, 0.25) is 0 Å².